The number of benzene rings is 11. The average Bonchev–Trinajstić information content (AvgIpc) is 3.72. The second-order valence-corrected chi connectivity index (χ2v) is 17.6. The first-order chi connectivity index (χ1) is 33.1. The predicted molar refractivity (Wildman–Crippen MR) is 287 cm³/mol. The summed E-state index contributed by atoms with van der Waals surface area (Å²) in [5.74, 6) is 0. The van der Waals surface area contributed by atoms with Crippen LogP contribution in [-0.4, -0.2) is 9.55 Å². The molecule has 0 radical (unpaired) electrons. The molecule has 0 fully saturated rings. The van der Waals surface area contributed by atoms with Crippen LogP contribution < -0.4 is 5.73 Å². The molecule has 3 heteroatoms. The normalized spacial score (nSPS) is 12.3. The van der Waals surface area contributed by atoms with Gasteiger partial charge in [-0.2, -0.15) is 0 Å². The van der Waals surface area contributed by atoms with Crippen molar-refractivity contribution in [2.45, 2.75) is 6.92 Å². The van der Waals surface area contributed by atoms with Crippen LogP contribution in [0.4, 0.5) is 0 Å². The van der Waals surface area contributed by atoms with Crippen LogP contribution >= 0.6 is 0 Å². The molecule has 0 saturated carbocycles. The Bertz CT molecular complexity index is 4230. The summed E-state index contributed by atoms with van der Waals surface area (Å²) in [6.07, 6.45) is 7.82. The number of para-hydroxylation sites is 1. The Hall–Kier alpha value is -8.79. The number of aromatic nitrogens is 2. The van der Waals surface area contributed by atoms with E-state index >= 15 is 0 Å². The van der Waals surface area contributed by atoms with Gasteiger partial charge in [0.05, 0.1) is 28.6 Å². The van der Waals surface area contributed by atoms with Crippen LogP contribution in [-0.2, 0) is 0 Å². The van der Waals surface area contributed by atoms with Crippen molar-refractivity contribution >= 4 is 92.1 Å². The molecule has 0 atom stereocenters. The number of pyridine rings is 1. The summed E-state index contributed by atoms with van der Waals surface area (Å²) in [4.78, 5) is 4.88. The number of nitrogens with two attached hydrogens (primary N) is 1. The molecule has 314 valence electrons. The lowest BCUT2D eigenvalue weighted by Crippen LogP contribution is -1.99. The molecule has 3 nitrogen and oxygen atoms in total. The number of allylic oxidation sites excluding steroid dienone is 3. The smallest absolute Gasteiger partial charge is 0.0866 e. The standard InChI is InChI=1S/C64H43N3/c1-2-3-29-59(65)60-38-55-54-34-41(31-33-61(54)67(62(55)39-66-60)44-19-5-4-6-20-44)40-30-32-53-58(35-40)64(57-37-43-18-8-10-22-46(43)48-24-12-14-26-50(48)57)52-28-16-15-27-51(52)63(53)56-36-42-17-7-9-21-45(42)47-23-11-13-25-49(47)56/h2-39H,65H2,1H3/b3-2-,59-29-. The molecule has 0 bridgehead atoms. The van der Waals surface area contributed by atoms with E-state index in [9.17, 15) is 0 Å². The van der Waals surface area contributed by atoms with E-state index in [4.69, 9.17) is 10.7 Å². The highest BCUT2D eigenvalue weighted by Crippen LogP contribution is 2.49. The number of fused-ring (bicyclic) bond motifs is 11. The highest BCUT2D eigenvalue weighted by atomic mass is 15.0. The molecule has 0 saturated heterocycles. The van der Waals surface area contributed by atoms with Crippen molar-refractivity contribution in [2.75, 3.05) is 0 Å². The van der Waals surface area contributed by atoms with Gasteiger partial charge in [0, 0.05) is 16.5 Å². The Balaban J connectivity index is 1.14. The molecule has 0 aliphatic heterocycles. The van der Waals surface area contributed by atoms with Crippen LogP contribution in [0.25, 0.3) is 131 Å². The van der Waals surface area contributed by atoms with Gasteiger partial charge in [0.1, 0.15) is 0 Å². The van der Waals surface area contributed by atoms with Gasteiger partial charge in [-0.05, 0) is 160 Å². The van der Waals surface area contributed by atoms with Gasteiger partial charge in [0.25, 0.3) is 0 Å². The zero-order valence-corrected chi connectivity index (χ0v) is 36.9. The Morgan fingerprint density at radius 3 is 1.51 bits per heavy atom. The molecule has 2 heterocycles. The van der Waals surface area contributed by atoms with E-state index in [1.807, 2.05) is 31.3 Å². The van der Waals surface area contributed by atoms with Gasteiger partial charge in [-0.15, -0.1) is 0 Å². The van der Waals surface area contributed by atoms with E-state index < -0.39 is 0 Å². The fourth-order valence-corrected chi connectivity index (χ4v) is 10.9. The summed E-state index contributed by atoms with van der Waals surface area (Å²) in [6, 6.07) is 76.1. The van der Waals surface area contributed by atoms with Crippen LogP contribution in [0.2, 0.25) is 0 Å². The largest absolute Gasteiger partial charge is 0.397 e. The Morgan fingerprint density at radius 1 is 0.418 bits per heavy atom. The molecule has 13 rings (SSSR count). The zero-order valence-electron chi connectivity index (χ0n) is 36.9. The fourth-order valence-electron chi connectivity index (χ4n) is 10.9. The minimum atomic E-state index is 0.627. The Kier molecular flexibility index (Phi) is 8.90. The average molecular weight is 854 g/mol. The van der Waals surface area contributed by atoms with Crippen molar-refractivity contribution in [3.05, 3.63) is 236 Å². The molecule has 2 aromatic heterocycles. The number of rotatable bonds is 6. The minimum Gasteiger partial charge on any atom is -0.397 e. The third-order valence-corrected chi connectivity index (χ3v) is 13.9. The summed E-state index contributed by atoms with van der Waals surface area (Å²) in [5.41, 5.74) is 18.5. The molecular formula is C64H43N3. The van der Waals surface area contributed by atoms with Gasteiger partial charge < -0.3 is 10.3 Å². The zero-order chi connectivity index (χ0) is 44.6. The summed E-state index contributed by atoms with van der Waals surface area (Å²) in [5, 5.41) is 17.1. The van der Waals surface area contributed by atoms with Crippen LogP contribution in [0.3, 0.4) is 0 Å². The van der Waals surface area contributed by atoms with Crippen LogP contribution in [0.15, 0.2) is 231 Å². The third kappa shape index (κ3) is 6.09. The molecule has 0 spiro atoms. The SMILES string of the molecule is C/C=C\C=C(/N)c1cc2c3cc(-c4ccc5c(-c6cc7ccccc7c7ccccc67)c6ccccc6c(-c6cc7ccccc7c7ccccc67)c5c4)ccc3n(-c3ccccc3)c2cn1. The lowest BCUT2D eigenvalue weighted by Gasteiger charge is -2.21. The monoisotopic (exact) mass is 853 g/mol. The van der Waals surface area contributed by atoms with Gasteiger partial charge in [-0.1, -0.05) is 170 Å². The quantitative estimate of drug-likeness (QED) is 0.103. The molecule has 13 aromatic rings. The van der Waals surface area contributed by atoms with Crippen molar-refractivity contribution in [3.8, 4) is 39.1 Å². The van der Waals surface area contributed by atoms with E-state index in [1.54, 1.807) is 0 Å². The van der Waals surface area contributed by atoms with Crippen LogP contribution in [0, 0.1) is 0 Å². The maximum atomic E-state index is 6.63. The van der Waals surface area contributed by atoms with Crippen LogP contribution in [0.1, 0.15) is 12.6 Å². The molecule has 2 N–H and O–H groups in total. The lowest BCUT2D eigenvalue weighted by atomic mass is 9.81. The van der Waals surface area contributed by atoms with Crippen LogP contribution in [0.5, 0.6) is 0 Å². The lowest BCUT2D eigenvalue weighted by molar-refractivity contribution is 1.16. The van der Waals surface area contributed by atoms with E-state index in [0.717, 1.165) is 44.3 Å². The van der Waals surface area contributed by atoms with Gasteiger partial charge >= 0.3 is 0 Å². The maximum Gasteiger partial charge on any atom is 0.0866 e. The van der Waals surface area contributed by atoms with Crippen molar-refractivity contribution in [2.24, 2.45) is 5.73 Å². The Labute approximate surface area is 388 Å². The number of hydrogen-bond acceptors (Lipinski definition) is 2. The molecular weight excluding hydrogens is 811 g/mol. The second-order valence-electron chi connectivity index (χ2n) is 17.6. The number of hydrogen-bond donors (Lipinski definition) is 1. The van der Waals surface area contributed by atoms with Gasteiger partial charge in [0.15, 0.2) is 0 Å². The van der Waals surface area contributed by atoms with Gasteiger partial charge in [0.2, 0.25) is 0 Å². The number of nitrogens with zero attached hydrogens (tertiary/aromatic N) is 2. The van der Waals surface area contributed by atoms with E-state index in [0.29, 0.717) is 5.70 Å². The topological polar surface area (TPSA) is 43.8 Å². The van der Waals surface area contributed by atoms with Gasteiger partial charge in [-0.25, -0.2) is 0 Å². The molecule has 0 aliphatic carbocycles. The van der Waals surface area contributed by atoms with E-state index in [2.05, 4.69) is 211 Å². The van der Waals surface area contributed by atoms with Gasteiger partial charge in [-0.3, -0.25) is 4.98 Å². The highest BCUT2D eigenvalue weighted by Gasteiger charge is 2.22. The Morgan fingerprint density at radius 2 is 0.896 bits per heavy atom. The first-order valence-corrected chi connectivity index (χ1v) is 23.0. The highest BCUT2D eigenvalue weighted by molar-refractivity contribution is 6.29. The molecule has 11 aromatic carbocycles. The molecule has 0 unspecified atom stereocenters. The first-order valence-electron chi connectivity index (χ1n) is 23.0. The van der Waals surface area contributed by atoms with Crippen molar-refractivity contribution in [1.29, 1.82) is 0 Å². The minimum absolute atomic E-state index is 0.627. The predicted octanol–water partition coefficient (Wildman–Crippen LogP) is 17.0. The maximum absolute atomic E-state index is 6.63. The second kappa shape index (κ2) is 15.4. The molecule has 0 aliphatic rings. The molecule has 0 amide bonds. The first kappa shape index (κ1) is 38.6. The summed E-state index contributed by atoms with van der Waals surface area (Å²) < 4.78 is 2.31. The summed E-state index contributed by atoms with van der Waals surface area (Å²) in [6.45, 7) is 1.99. The van der Waals surface area contributed by atoms with E-state index in [-0.39, 0.29) is 0 Å². The fraction of sp³-hybridized carbons (Fsp3) is 0.0156. The summed E-state index contributed by atoms with van der Waals surface area (Å²) in [7, 11) is 0. The van der Waals surface area contributed by atoms with Crippen molar-refractivity contribution < 1.29 is 0 Å². The summed E-state index contributed by atoms with van der Waals surface area (Å²) >= 11 is 0. The third-order valence-electron chi connectivity index (χ3n) is 13.9. The van der Waals surface area contributed by atoms with Crippen molar-refractivity contribution in [1.82, 2.24) is 9.55 Å². The molecule has 67 heavy (non-hydrogen) atoms. The van der Waals surface area contributed by atoms with Crippen molar-refractivity contribution in [3.63, 3.8) is 0 Å². The van der Waals surface area contributed by atoms with E-state index in [1.165, 1.54) is 86.9 Å².